The van der Waals surface area contributed by atoms with E-state index in [9.17, 15) is 4.79 Å². The number of nitrogens with two attached hydrogens (primary N) is 1. The third kappa shape index (κ3) is 4.34. The van der Waals surface area contributed by atoms with Gasteiger partial charge in [0.05, 0.1) is 0 Å². The average molecular weight is 274 g/mol. The number of nitrogens with zero attached hydrogens (tertiary/aromatic N) is 1. The van der Waals surface area contributed by atoms with E-state index < -0.39 is 0 Å². The molecule has 2 atom stereocenters. The summed E-state index contributed by atoms with van der Waals surface area (Å²) in [7, 11) is 0. The van der Waals surface area contributed by atoms with Gasteiger partial charge in [0.25, 0.3) is 0 Å². The van der Waals surface area contributed by atoms with Gasteiger partial charge in [-0.15, -0.1) is 0 Å². The van der Waals surface area contributed by atoms with Gasteiger partial charge < -0.3 is 10.6 Å². The van der Waals surface area contributed by atoms with Crippen LogP contribution in [0.15, 0.2) is 30.3 Å². The van der Waals surface area contributed by atoms with Crippen LogP contribution in [0.25, 0.3) is 0 Å². The van der Waals surface area contributed by atoms with Crippen LogP contribution in [0.3, 0.4) is 0 Å². The summed E-state index contributed by atoms with van der Waals surface area (Å²) in [5, 5.41) is 0. The predicted octanol–water partition coefficient (Wildman–Crippen LogP) is 2.74. The number of piperidine rings is 1. The molecule has 1 aromatic carbocycles. The number of rotatable bonds is 5. The van der Waals surface area contributed by atoms with Crippen molar-refractivity contribution in [3.8, 4) is 0 Å². The summed E-state index contributed by atoms with van der Waals surface area (Å²) in [4.78, 5) is 14.4. The van der Waals surface area contributed by atoms with Crippen molar-refractivity contribution in [2.24, 2.45) is 5.73 Å². The molecule has 1 aromatic rings. The van der Waals surface area contributed by atoms with Crippen molar-refractivity contribution in [3.63, 3.8) is 0 Å². The molecule has 0 saturated carbocycles. The van der Waals surface area contributed by atoms with E-state index in [0.717, 1.165) is 32.2 Å². The lowest BCUT2D eigenvalue weighted by Gasteiger charge is -2.36. The standard InChI is InChI=1S/C17H26N2O/c1-14(18)13-17(20)19-12-6-5-9-16(19)11-10-15-7-3-2-4-8-15/h2-4,7-8,14,16H,5-6,9-13,18H2,1H3. The van der Waals surface area contributed by atoms with Gasteiger partial charge in [0.1, 0.15) is 0 Å². The van der Waals surface area contributed by atoms with Gasteiger partial charge in [-0.2, -0.15) is 0 Å². The fraction of sp³-hybridized carbons (Fsp3) is 0.588. The van der Waals surface area contributed by atoms with Crippen molar-refractivity contribution in [2.45, 2.75) is 57.5 Å². The lowest BCUT2D eigenvalue weighted by molar-refractivity contribution is -0.135. The molecule has 3 heteroatoms. The second-order valence-corrected chi connectivity index (χ2v) is 5.94. The van der Waals surface area contributed by atoms with Crippen LogP contribution in [0.4, 0.5) is 0 Å². The molecule has 0 aromatic heterocycles. The van der Waals surface area contributed by atoms with E-state index in [-0.39, 0.29) is 11.9 Å². The Kier molecular flexibility index (Phi) is 5.60. The molecule has 2 N–H and O–H groups in total. The first-order chi connectivity index (χ1) is 9.66. The highest BCUT2D eigenvalue weighted by molar-refractivity contribution is 5.77. The number of aryl methyl sites for hydroxylation is 1. The molecule has 1 aliphatic rings. The molecule has 1 fully saturated rings. The number of amides is 1. The Balaban J connectivity index is 1.91. The van der Waals surface area contributed by atoms with Gasteiger partial charge in [-0.05, 0) is 44.6 Å². The zero-order chi connectivity index (χ0) is 14.4. The molecule has 2 rings (SSSR count). The SMILES string of the molecule is CC(N)CC(=O)N1CCCCC1CCc1ccccc1. The number of likely N-dealkylation sites (tertiary alicyclic amines) is 1. The molecule has 1 saturated heterocycles. The molecule has 3 nitrogen and oxygen atoms in total. The molecule has 0 bridgehead atoms. The van der Waals surface area contributed by atoms with E-state index in [4.69, 9.17) is 5.73 Å². The first kappa shape index (κ1) is 15.0. The molecule has 20 heavy (non-hydrogen) atoms. The van der Waals surface area contributed by atoms with E-state index in [2.05, 4.69) is 29.2 Å². The Labute approximate surface area is 122 Å². The van der Waals surface area contributed by atoms with Gasteiger partial charge in [-0.25, -0.2) is 0 Å². The Morgan fingerprint density at radius 2 is 2.10 bits per heavy atom. The Morgan fingerprint density at radius 1 is 1.35 bits per heavy atom. The lowest BCUT2D eigenvalue weighted by Crippen LogP contribution is -2.45. The molecule has 0 spiro atoms. The molecule has 0 radical (unpaired) electrons. The van der Waals surface area contributed by atoms with E-state index in [0.29, 0.717) is 12.5 Å². The zero-order valence-electron chi connectivity index (χ0n) is 12.4. The van der Waals surface area contributed by atoms with Gasteiger partial charge in [0.15, 0.2) is 0 Å². The van der Waals surface area contributed by atoms with Crippen LogP contribution >= 0.6 is 0 Å². The van der Waals surface area contributed by atoms with Gasteiger partial charge >= 0.3 is 0 Å². The van der Waals surface area contributed by atoms with E-state index >= 15 is 0 Å². The Bertz CT molecular complexity index is 416. The summed E-state index contributed by atoms with van der Waals surface area (Å²) >= 11 is 0. The van der Waals surface area contributed by atoms with Crippen LogP contribution in [-0.4, -0.2) is 29.4 Å². The minimum absolute atomic E-state index is 0.0424. The molecule has 1 amide bonds. The van der Waals surface area contributed by atoms with E-state index in [1.54, 1.807) is 0 Å². The highest BCUT2D eigenvalue weighted by atomic mass is 16.2. The predicted molar refractivity (Wildman–Crippen MR) is 82.4 cm³/mol. The zero-order valence-corrected chi connectivity index (χ0v) is 12.4. The van der Waals surface area contributed by atoms with Crippen LogP contribution in [0.5, 0.6) is 0 Å². The topological polar surface area (TPSA) is 46.3 Å². The monoisotopic (exact) mass is 274 g/mol. The largest absolute Gasteiger partial charge is 0.340 e. The van der Waals surface area contributed by atoms with Crippen LogP contribution in [0.1, 0.15) is 44.6 Å². The maximum absolute atomic E-state index is 12.3. The van der Waals surface area contributed by atoms with Crippen molar-refractivity contribution in [3.05, 3.63) is 35.9 Å². The van der Waals surface area contributed by atoms with Gasteiger partial charge in [0, 0.05) is 25.0 Å². The number of hydrogen-bond acceptors (Lipinski definition) is 2. The molecule has 110 valence electrons. The van der Waals surface area contributed by atoms with E-state index in [1.807, 2.05) is 13.0 Å². The molecule has 0 aliphatic carbocycles. The Morgan fingerprint density at radius 3 is 2.80 bits per heavy atom. The van der Waals surface area contributed by atoms with Gasteiger partial charge in [0.2, 0.25) is 5.91 Å². The fourth-order valence-corrected chi connectivity index (χ4v) is 3.00. The molecule has 1 aliphatic heterocycles. The minimum atomic E-state index is -0.0424. The van der Waals surface area contributed by atoms with Gasteiger partial charge in [-0.3, -0.25) is 4.79 Å². The van der Waals surface area contributed by atoms with Crippen LogP contribution in [0, 0.1) is 0 Å². The smallest absolute Gasteiger partial charge is 0.224 e. The van der Waals surface area contributed by atoms with E-state index in [1.165, 1.54) is 12.0 Å². The number of benzene rings is 1. The van der Waals surface area contributed by atoms with Crippen molar-refractivity contribution in [1.29, 1.82) is 0 Å². The van der Waals surface area contributed by atoms with Crippen LogP contribution in [-0.2, 0) is 11.2 Å². The van der Waals surface area contributed by atoms with Crippen molar-refractivity contribution in [2.75, 3.05) is 6.54 Å². The second kappa shape index (κ2) is 7.44. The molecule has 2 unspecified atom stereocenters. The Hall–Kier alpha value is -1.35. The normalized spacial score (nSPS) is 20.7. The molecular weight excluding hydrogens is 248 g/mol. The van der Waals surface area contributed by atoms with Crippen molar-refractivity contribution >= 4 is 5.91 Å². The summed E-state index contributed by atoms with van der Waals surface area (Å²) < 4.78 is 0. The number of carbonyl (C=O) groups excluding carboxylic acids is 1. The van der Waals surface area contributed by atoms with Crippen molar-refractivity contribution in [1.82, 2.24) is 4.90 Å². The highest BCUT2D eigenvalue weighted by Gasteiger charge is 2.26. The number of hydrogen-bond donors (Lipinski definition) is 1. The maximum Gasteiger partial charge on any atom is 0.224 e. The number of carbonyl (C=O) groups is 1. The summed E-state index contributed by atoms with van der Waals surface area (Å²) in [5.41, 5.74) is 7.12. The van der Waals surface area contributed by atoms with Crippen molar-refractivity contribution < 1.29 is 4.79 Å². The first-order valence-electron chi connectivity index (χ1n) is 7.76. The van der Waals surface area contributed by atoms with Crippen LogP contribution in [0.2, 0.25) is 0 Å². The average Bonchev–Trinajstić information content (AvgIpc) is 2.46. The second-order valence-electron chi connectivity index (χ2n) is 5.94. The summed E-state index contributed by atoms with van der Waals surface area (Å²) in [6.45, 7) is 2.81. The summed E-state index contributed by atoms with van der Waals surface area (Å²) in [6.07, 6.45) is 6.09. The third-order valence-corrected chi connectivity index (χ3v) is 4.05. The quantitative estimate of drug-likeness (QED) is 0.897. The molecular formula is C17H26N2O. The fourth-order valence-electron chi connectivity index (χ4n) is 3.00. The summed E-state index contributed by atoms with van der Waals surface area (Å²) in [6, 6.07) is 10.9. The van der Waals surface area contributed by atoms with Gasteiger partial charge in [-0.1, -0.05) is 30.3 Å². The maximum atomic E-state index is 12.3. The summed E-state index contributed by atoms with van der Waals surface area (Å²) in [5.74, 6) is 0.234. The highest BCUT2D eigenvalue weighted by Crippen LogP contribution is 2.22. The molecule has 1 heterocycles. The minimum Gasteiger partial charge on any atom is -0.340 e. The third-order valence-electron chi connectivity index (χ3n) is 4.05. The lowest BCUT2D eigenvalue weighted by atomic mass is 9.95. The van der Waals surface area contributed by atoms with Crippen LogP contribution < -0.4 is 5.73 Å². The first-order valence-corrected chi connectivity index (χ1v) is 7.76.